The van der Waals surface area contributed by atoms with Crippen LogP contribution in [0.3, 0.4) is 0 Å². The van der Waals surface area contributed by atoms with Crippen LogP contribution in [-0.2, 0) is 36.1 Å². The molecule has 4 N–H and O–H groups in total. The lowest BCUT2D eigenvalue weighted by atomic mass is 10.0. The van der Waals surface area contributed by atoms with Gasteiger partial charge in [-0.2, -0.15) is 0 Å². The molecule has 0 fully saturated rings. The van der Waals surface area contributed by atoms with Crippen LogP contribution in [0.5, 0.6) is 0 Å². The summed E-state index contributed by atoms with van der Waals surface area (Å²) < 4.78 is 25.3. The van der Waals surface area contributed by atoms with Gasteiger partial charge in [-0.1, -0.05) is 121 Å². The largest absolute Gasteiger partial charge is 0.381 e. The van der Waals surface area contributed by atoms with Crippen LogP contribution in [0.2, 0.25) is 0 Å². The number of sulfonamides is 1. The van der Waals surface area contributed by atoms with Gasteiger partial charge >= 0.3 is 0 Å². The second kappa shape index (κ2) is 15.4. The SMILES string of the molecule is NS(=O)(=O)c1cc(CNCc2ccccc2)cc(NCc2ccccc2)c1Cc1ccccc1.O=Cc1ccccc1. The van der Waals surface area contributed by atoms with Gasteiger partial charge in [-0.05, 0) is 39.9 Å². The van der Waals surface area contributed by atoms with Gasteiger partial charge in [0.1, 0.15) is 6.29 Å². The summed E-state index contributed by atoms with van der Waals surface area (Å²) in [7, 11) is -3.93. The molecule has 0 aliphatic heterocycles. The Balaban J connectivity index is 0.000000437. The van der Waals surface area contributed by atoms with E-state index in [4.69, 9.17) is 5.14 Å². The van der Waals surface area contributed by atoms with Crippen molar-refractivity contribution >= 4 is 22.0 Å². The molecule has 42 heavy (non-hydrogen) atoms. The topological polar surface area (TPSA) is 101 Å². The summed E-state index contributed by atoms with van der Waals surface area (Å²) in [6.45, 7) is 1.78. The van der Waals surface area contributed by atoms with E-state index in [0.29, 0.717) is 31.6 Å². The second-order valence-electron chi connectivity index (χ2n) is 9.78. The van der Waals surface area contributed by atoms with Crippen LogP contribution in [0.25, 0.3) is 0 Å². The Morgan fingerprint density at radius 1 is 0.595 bits per heavy atom. The van der Waals surface area contributed by atoms with E-state index in [1.54, 1.807) is 18.2 Å². The average Bonchev–Trinajstić information content (AvgIpc) is 3.02. The average molecular weight is 578 g/mol. The molecule has 0 radical (unpaired) electrons. The summed E-state index contributed by atoms with van der Waals surface area (Å²) in [5, 5.41) is 12.6. The van der Waals surface area contributed by atoms with E-state index in [2.05, 4.69) is 22.8 Å². The van der Waals surface area contributed by atoms with E-state index in [1.807, 2.05) is 103 Å². The molecule has 0 saturated carbocycles. The minimum atomic E-state index is -3.93. The fraction of sp³-hybridized carbons (Fsp3) is 0.114. The van der Waals surface area contributed by atoms with Crippen LogP contribution in [0.15, 0.2) is 138 Å². The quantitative estimate of drug-likeness (QED) is 0.159. The molecule has 0 aromatic heterocycles. The molecule has 0 aliphatic carbocycles. The van der Waals surface area contributed by atoms with Crippen molar-refractivity contribution in [2.24, 2.45) is 5.14 Å². The predicted molar refractivity (Wildman–Crippen MR) is 170 cm³/mol. The molecule has 5 aromatic carbocycles. The lowest BCUT2D eigenvalue weighted by Crippen LogP contribution is -2.19. The fourth-order valence-corrected chi connectivity index (χ4v) is 5.31. The third-order valence-electron chi connectivity index (χ3n) is 6.56. The standard InChI is InChI=1S/C28H29N3O2S.C7H6O/c29-34(32,33)28-18-25(20-30-19-23-12-6-2-7-13-23)17-27(31-21-24-14-8-3-9-15-24)26(28)16-22-10-4-1-5-11-22;8-6-7-4-2-1-3-5-7/h1-15,17-18,30-31H,16,19-21H2,(H2,29,32,33);1-6H. The van der Waals surface area contributed by atoms with Crippen molar-refractivity contribution in [3.63, 3.8) is 0 Å². The number of nitrogens with two attached hydrogens (primary N) is 1. The molecule has 6 nitrogen and oxygen atoms in total. The van der Waals surface area contributed by atoms with E-state index in [0.717, 1.165) is 39.8 Å². The number of hydrogen-bond acceptors (Lipinski definition) is 5. The van der Waals surface area contributed by atoms with Crippen LogP contribution in [-0.4, -0.2) is 14.7 Å². The lowest BCUT2D eigenvalue weighted by molar-refractivity contribution is 0.112. The Hall–Kier alpha value is -4.56. The van der Waals surface area contributed by atoms with Crippen LogP contribution in [0.1, 0.15) is 38.2 Å². The number of carbonyl (C=O) groups is 1. The number of carbonyl (C=O) groups excluding carboxylic acids is 1. The van der Waals surface area contributed by atoms with E-state index in [9.17, 15) is 13.2 Å². The van der Waals surface area contributed by atoms with Crippen LogP contribution in [0.4, 0.5) is 5.69 Å². The molecule has 7 heteroatoms. The molecule has 214 valence electrons. The van der Waals surface area contributed by atoms with Crippen molar-refractivity contribution in [2.75, 3.05) is 5.32 Å². The number of benzene rings is 5. The predicted octanol–water partition coefficient (Wildman–Crippen LogP) is 6.33. The molecule has 5 rings (SSSR count). The van der Waals surface area contributed by atoms with E-state index in [1.165, 1.54) is 0 Å². The van der Waals surface area contributed by atoms with Crippen LogP contribution >= 0.6 is 0 Å². The Labute approximate surface area is 248 Å². The van der Waals surface area contributed by atoms with E-state index in [-0.39, 0.29) is 4.90 Å². The molecular formula is C35H35N3O3S. The summed E-state index contributed by atoms with van der Waals surface area (Å²) >= 11 is 0. The highest BCUT2D eigenvalue weighted by molar-refractivity contribution is 7.89. The van der Waals surface area contributed by atoms with Gasteiger partial charge in [0.05, 0.1) is 4.90 Å². The number of aldehydes is 1. The van der Waals surface area contributed by atoms with E-state index < -0.39 is 10.0 Å². The third-order valence-corrected chi connectivity index (χ3v) is 7.54. The Kier molecular flexibility index (Phi) is 11.2. The van der Waals surface area contributed by atoms with Crippen molar-refractivity contribution in [3.05, 3.63) is 167 Å². The molecular weight excluding hydrogens is 542 g/mol. The van der Waals surface area contributed by atoms with Gasteiger partial charge in [-0.15, -0.1) is 0 Å². The van der Waals surface area contributed by atoms with Gasteiger partial charge in [-0.3, -0.25) is 4.79 Å². The molecule has 0 saturated heterocycles. The maximum absolute atomic E-state index is 12.6. The molecule has 5 aromatic rings. The highest BCUT2D eigenvalue weighted by Crippen LogP contribution is 2.29. The monoisotopic (exact) mass is 577 g/mol. The van der Waals surface area contributed by atoms with Gasteiger partial charge in [-0.25, -0.2) is 13.6 Å². The summed E-state index contributed by atoms with van der Waals surface area (Å²) in [5.41, 5.74) is 6.33. The van der Waals surface area contributed by atoms with Gasteiger partial charge in [0.25, 0.3) is 0 Å². The fourth-order valence-electron chi connectivity index (χ4n) is 4.47. The van der Waals surface area contributed by atoms with Crippen molar-refractivity contribution in [2.45, 2.75) is 31.0 Å². The zero-order chi connectivity index (χ0) is 29.6. The third kappa shape index (κ3) is 9.52. The number of anilines is 1. The molecule has 0 spiro atoms. The maximum atomic E-state index is 12.6. The summed E-state index contributed by atoms with van der Waals surface area (Å²) in [6.07, 6.45) is 1.29. The van der Waals surface area contributed by atoms with Gasteiger partial charge in [0, 0.05) is 37.3 Å². The van der Waals surface area contributed by atoms with Crippen molar-refractivity contribution in [1.82, 2.24) is 5.32 Å². The molecule has 0 aliphatic rings. The first-order chi connectivity index (χ1) is 20.4. The molecule has 0 unspecified atom stereocenters. The molecule has 0 heterocycles. The molecule has 0 atom stereocenters. The maximum Gasteiger partial charge on any atom is 0.238 e. The first kappa shape index (κ1) is 30.4. The highest BCUT2D eigenvalue weighted by atomic mass is 32.2. The van der Waals surface area contributed by atoms with Gasteiger partial charge < -0.3 is 10.6 Å². The van der Waals surface area contributed by atoms with Gasteiger partial charge in [0.2, 0.25) is 10.0 Å². The summed E-state index contributed by atoms with van der Waals surface area (Å²) in [5.74, 6) is 0. The first-order valence-electron chi connectivity index (χ1n) is 13.7. The van der Waals surface area contributed by atoms with Gasteiger partial charge in [0.15, 0.2) is 0 Å². The summed E-state index contributed by atoms with van der Waals surface area (Å²) in [4.78, 5) is 10.2. The number of rotatable bonds is 11. The second-order valence-corrected chi connectivity index (χ2v) is 11.3. The lowest BCUT2D eigenvalue weighted by Gasteiger charge is -2.18. The Morgan fingerprint density at radius 2 is 1.07 bits per heavy atom. The number of primary sulfonamides is 1. The highest BCUT2D eigenvalue weighted by Gasteiger charge is 2.20. The molecule has 0 bridgehead atoms. The number of hydrogen-bond donors (Lipinski definition) is 3. The smallest absolute Gasteiger partial charge is 0.238 e. The first-order valence-corrected chi connectivity index (χ1v) is 15.2. The Bertz CT molecular complexity index is 1650. The minimum absolute atomic E-state index is 0.158. The Morgan fingerprint density at radius 3 is 1.57 bits per heavy atom. The van der Waals surface area contributed by atoms with Crippen molar-refractivity contribution in [3.8, 4) is 0 Å². The van der Waals surface area contributed by atoms with Crippen LogP contribution in [0, 0.1) is 0 Å². The normalized spacial score (nSPS) is 10.8. The van der Waals surface area contributed by atoms with Crippen molar-refractivity contribution < 1.29 is 13.2 Å². The van der Waals surface area contributed by atoms with Crippen molar-refractivity contribution in [1.29, 1.82) is 0 Å². The van der Waals surface area contributed by atoms with Crippen LogP contribution < -0.4 is 15.8 Å². The molecule has 0 amide bonds. The number of nitrogens with one attached hydrogen (secondary N) is 2. The zero-order valence-electron chi connectivity index (χ0n) is 23.3. The summed E-state index contributed by atoms with van der Waals surface area (Å²) in [6, 6.07) is 42.8. The minimum Gasteiger partial charge on any atom is -0.381 e. The van der Waals surface area contributed by atoms with E-state index >= 15 is 0 Å². The zero-order valence-corrected chi connectivity index (χ0v) is 24.1.